The Morgan fingerprint density at radius 2 is 1.71 bits per heavy atom. The van der Waals surface area contributed by atoms with Crippen LogP contribution in [0.15, 0.2) is 47.4 Å². The van der Waals surface area contributed by atoms with Crippen LogP contribution >= 0.6 is 11.8 Å². The first-order chi connectivity index (χ1) is 14.7. The van der Waals surface area contributed by atoms with Gasteiger partial charge in [0, 0.05) is 36.7 Å². The second-order valence-electron chi connectivity index (χ2n) is 7.79. The lowest BCUT2D eigenvalue weighted by molar-refractivity contribution is 0.102. The second kappa shape index (κ2) is 8.14. The molecule has 1 N–H and O–H groups in total. The van der Waals surface area contributed by atoms with Gasteiger partial charge in [0.1, 0.15) is 5.82 Å². The first-order valence-corrected chi connectivity index (χ1v) is 12.4. The fraction of sp³-hybridized carbons (Fsp3) is 0.273. The van der Waals surface area contributed by atoms with E-state index >= 15 is 0 Å². The normalized spacial score (nSPS) is 13.5. The first-order valence-electron chi connectivity index (χ1n) is 9.78. The van der Waals surface area contributed by atoms with Crippen molar-refractivity contribution in [1.82, 2.24) is 14.1 Å². The SMILES string of the molecule is Cc1cc(C)cc(-n2nc3c(c2NC(=O)c2ccc(S(=O)(=O)N(C)C)cc2)CSC3)c1. The van der Waals surface area contributed by atoms with Crippen LogP contribution in [0.4, 0.5) is 5.82 Å². The summed E-state index contributed by atoms with van der Waals surface area (Å²) in [5.41, 5.74) is 5.53. The highest BCUT2D eigenvalue weighted by atomic mass is 32.2. The molecule has 0 saturated heterocycles. The molecule has 1 aliphatic heterocycles. The van der Waals surface area contributed by atoms with Crippen LogP contribution in [-0.2, 0) is 21.5 Å². The molecule has 31 heavy (non-hydrogen) atoms. The van der Waals surface area contributed by atoms with Crippen molar-refractivity contribution in [2.45, 2.75) is 30.2 Å². The fourth-order valence-corrected chi connectivity index (χ4v) is 5.51. The van der Waals surface area contributed by atoms with Gasteiger partial charge in [0.05, 0.1) is 16.3 Å². The molecule has 7 nitrogen and oxygen atoms in total. The van der Waals surface area contributed by atoms with Crippen LogP contribution in [0.3, 0.4) is 0 Å². The molecule has 4 rings (SSSR count). The molecule has 0 unspecified atom stereocenters. The third-order valence-electron chi connectivity index (χ3n) is 5.13. The molecule has 1 aliphatic rings. The lowest BCUT2D eigenvalue weighted by Crippen LogP contribution is -2.22. The van der Waals surface area contributed by atoms with Gasteiger partial charge in [0.15, 0.2) is 0 Å². The number of nitrogens with one attached hydrogen (secondary N) is 1. The van der Waals surface area contributed by atoms with Crippen LogP contribution in [-0.4, -0.2) is 42.5 Å². The predicted molar refractivity (Wildman–Crippen MR) is 123 cm³/mol. The Kier molecular flexibility index (Phi) is 5.67. The molecule has 0 spiro atoms. The van der Waals surface area contributed by atoms with Gasteiger partial charge in [0.2, 0.25) is 10.0 Å². The van der Waals surface area contributed by atoms with Gasteiger partial charge in [-0.1, -0.05) is 6.07 Å². The van der Waals surface area contributed by atoms with Crippen LogP contribution in [0.25, 0.3) is 5.69 Å². The van der Waals surface area contributed by atoms with E-state index in [2.05, 4.69) is 11.4 Å². The molecule has 0 radical (unpaired) electrons. The largest absolute Gasteiger partial charge is 0.306 e. The first kappa shape index (κ1) is 21.6. The van der Waals surface area contributed by atoms with Gasteiger partial charge < -0.3 is 5.32 Å². The number of benzene rings is 2. The number of anilines is 1. The van der Waals surface area contributed by atoms with Crippen molar-refractivity contribution in [3.05, 3.63) is 70.4 Å². The summed E-state index contributed by atoms with van der Waals surface area (Å²) in [6.07, 6.45) is 0. The summed E-state index contributed by atoms with van der Waals surface area (Å²) in [5, 5.41) is 7.77. The lowest BCUT2D eigenvalue weighted by Gasteiger charge is -2.13. The molecular weight excluding hydrogens is 432 g/mol. The van der Waals surface area contributed by atoms with Crippen LogP contribution in [0.5, 0.6) is 0 Å². The minimum Gasteiger partial charge on any atom is -0.306 e. The number of thioether (sulfide) groups is 1. The minimum atomic E-state index is -3.54. The van der Waals surface area contributed by atoms with E-state index < -0.39 is 10.0 Å². The number of carbonyl (C=O) groups is 1. The van der Waals surface area contributed by atoms with Crippen molar-refractivity contribution in [1.29, 1.82) is 0 Å². The molecule has 2 aromatic carbocycles. The number of aryl methyl sites for hydroxylation is 2. The predicted octanol–water partition coefficient (Wildman–Crippen LogP) is 3.74. The number of rotatable bonds is 5. The van der Waals surface area contributed by atoms with Crippen molar-refractivity contribution in [3.63, 3.8) is 0 Å². The number of sulfonamides is 1. The molecule has 3 aromatic rings. The van der Waals surface area contributed by atoms with Gasteiger partial charge in [-0.05, 0) is 61.4 Å². The van der Waals surface area contributed by atoms with Crippen molar-refractivity contribution >= 4 is 33.5 Å². The van der Waals surface area contributed by atoms with E-state index in [4.69, 9.17) is 5.10 Å². The zero-order valence-corrected chi connectivity index (χ0v) is 19.5. The summed E-state index contributed by atoms with van der Waals surface area (Å²) in [6.45, 7) is 4.07. The Labute approximate surface area is 186 Å². The van der Waals surface area contributed by atoms with Gasteiger partial charge in [-0.2, -0.15) is 16.9 Å². The van der Waals surface area contributed by atoms with E-state index in [0.29, 0.717) is 11.4 Å². The van der Waals surface area contributed by atoms with Crippen molar-refractivity contribution in [3.8, 4) is 5.69 Å². The highest BCUT2D eigenvalue weighted by molar-refractivity contribution is 7.98. The van der Waals surface area contributed by atoms with Gasteiger partial charge in [-0.3, -0.25) is 4.79 Å². The maximum absolute atomic E-state index is 13.0. The van der Waals surface area contributed by atoms with E-state index in [1.54, 1.807) is 16.4 Å². The van der Waals surface area contributed by atoms with Crippen LogP contribution in [0.2, 0.25) is 0 Å². The molecule has 0 aliphatic carbocycles. The summed E-state index contributed by atoms with van der Waals surface area (Å²) in [7, 11) is -0.594. The number of fused-ring (bicyclic) bond motifs is 1. The molecule has 0 fully saturated rings. The molecule has 9 heteroatoms. The van der Waals surface area contributed by atoms with E-state index in [1.807, 2.05) is 26.0 Å². The Bertz CT molecular complexity index is 1240. The summed E-state index contributed by atoms with van der Waals surface area (Å²) in [6, 6.07) is 12.1. The third-order valence-corrected chi connectivity index (χ3v) is 7.93. The van der Waals surface area contributed by atoms with Crippen LogP contribution in [0, 0.1) is 13.8 Å². The maximum Gasteiger partial charge on any atom is 0.256 e. The second-order valence-corrected chi connectivity index (χ2v) is 10.9. The molecule has 1 aromatic heterocycles. The van der Waals surface area contributed by atoms with Crippen LogP contribution in [0.1, 0.15) is 32.7 Å². The highest BCUT2D eigenvalue weighted by Gasteiger charge is 2.25. The molecule has 162 valence electrons. The molecule has 0 atom stereocenters. The molecular formula is C22H24N4O3S2. The highest BCUT2D eigenvalue weighted by Crippen LogP contribution is 2.36. The Morgan fingerprint density at radius 3 is 2.32 bits per heavy atom. The van der Waals surface area contributed by atoms with Crippen molar-refractivity contribution < 1.29 is 13.2 Å². The average Bonchev–Trinajstić information content (AvgIpc) is 3.30. The summed E-state index contributed by atoms with van der Waals surface area (Å²) < 4.78 is 27.5. The van der Waals surface area contributed by atoms with E-state index in [0.717, 1.165) is 43.9 Å². The Balaban J connectivity index is 1.67. The maximum atomic E-state index is 13.0. The molecule has 2 heterocycles. The van der Waals surface area contributed by atoms with Gasteiger partial charge in [0.25, 0.3) is 5.91 Å². The fourth-order valence-electron chi connectivity index (χ4n) is 3.57. The molecule has 0 bridgehead atoms. The van der Waals surface area contributed by atoms with E-state index in [-0.39, 0.29) is 10.8 Å². The third kappa shape index (κ3) is 4.13. The summed E-state index contributed by atoms with van der Waals surface area (Å²) in [4.78, 5) is 13.2. The zero-order chi connectivity index (χ0) is 22.3. The zero-order valence-electron chi connectivity index (χ0n) is 17.8. The standard InChI is InChI=1S/C22H24N4O3S2/c1-14-9-15(2)11-17(10-14)26-21(19-12-30-13-20(19)24-26)23-22(27)16-5-7-18(8-6-16)31(28,29)25(3)4/h5-11H,12-13H2,1-4H3,(H,23,27). The number of amides is 1. The van der Waals surface area contributed by atoms with E-state index in [9.17, 15) is 13.2 Å². The average molecular weight is 457 g/mol. The quantitative estimate of drug-likeness (QED) is 0.632. The molecule has 0 saturated carbocycles. The minimum absolute atomic E-state index is 0.145. The van der Waals surface area contributed by atoms with Gasteiger partial charge >= 0.3 is 0 Å². The Morgan fingerprint density at radius 1 is 1.06 bits per heavy atom. The monoisotopic (exact) mass is 456 g/mol. The lowest BCUT2D eigenvalue weighted by atomic mass is 10.1. The van der Waals surface area contributed by atoms with Crippen molar-refractivity contribution in [2.24, 2.45) is 0 Å². The number of aromatic nitrogens is 2. The smallest absolute Gasteiger partial charge is 0.256 e. The van der Waals surface area contributed by atoms with E-state index in [1.165, 1.54) is 38.4 Å². The van der Waals surface area contributed by atoms with Gasteiger partial charge in [-0.25, -0.2) is 17.4 Å². The molecule has 1 amide bonds. The summed E-state index contributed by atoms with van der Waals surface area (Å²) >= 11 is 1.77. The number of hydrogen-bond donors (Lipinski definition) is 1. The topological polar surface area (TPSA) is 84.3 Å². The van der Waals surface area contributed by atoms with Crippen LogP contribution < -0.4 is 5.32 Å². The number of nitrogens with zero attached hydrogens (tertiary/aromatic N) is 3. The van der Waals surface area contributed by atoms with Crippen molar-refractivity contribution in [2.75, 3.05) is 19.4 Å². The van der Waals surface area contributed by atoms with Gasteiger partial charge in [-0.15, -0.1) is 0 Å². The number of carbonyl (C=O) groups excluding carboxylic acids is 1. The number of hydrogen-bond acceptors (Lipinski definition) is 5. The summed E-state index contributed by atoms with van der Waals surface area (Å²) in [5.74, 6) is 1.96. The Hall–Kier alpha value is -2.62.